The summed E-state index contributed by atoms with van der Waals surface area (Å²) in [4.78, 5) is 10.7. The molecule has 0 aliphatic carbocycles. The Morgan fingerprint density at radius 1 is 1.12 bits per heavy atom. The summed E-state index contributed by atoms with van der Waals surface area (Å²) >= 11 is 6.27. The lowest BCUT2D eigenvalue weighted by Gasteiger charge is -2.14. The molecule has 0 bridgehead atoms. The van der Waals surface area contributed by atoms with Gasteiger partial charge in [-0.05, 0) is 42.5 Å². The number of carbonyl (C=O) groups is 1. The third kappa shape index (κ3) is 5.46. The first-order valence-electron chi connectivity index (χ1n) is 7.85. The van der Waals surface area contributed by atoms with Crippen LogP contribution in [0.15, 0.2) is 42.5 Å². The number of halogens is 1. The van der Waals surface area contributed by atoms with Crippen molar-refractivity contribution < 1.29 is 19.4 Å². The van der Waals surface area contributed by atoms with Crippen LogP contribution >= 0.6 is 11.6 Å². The highest BCUT2D eigenvalue weighted by Crippen LogP contribution is 2.36. The Morgan fingerprint density at radius 3 is 2.54 bits per heavy atom. The van der Waals surface area contributed by atoms with Crippen molar-refractivity contribution in [3.05, 3.63) is 58.6 Å². The molecule has 0 saturated heterocycles. The van der Waals surface area contributed by atoms with E-state index < -0.39 is 5.97 Å². The Labute approximate surface area is 147 Å². The summed E-state index contributed by atoms with van der Waals surface area (Å²) in [5, 5.41) is 9.21. The lowest BCUT2D eigenvalue weighted by atomic mass is 10.1. The predicted molar refractivity (Wildman–Crippen MR) is 94.2 cm³/mol. The Hall–Kier alpha value is -2.20. The highest BCUT2D eigenvalue weighted by Gasteiger charge is 2.12. The molecule has 1 N–H and O–H groups in total. The number of methoxy groups -OCH3 is 1. The summed E-state index contributed by atoms with van der Waals surface area (Å²) in [5.74, 6) is 0.195. The molecule has 0 saturated carbocycles. The largest absolute Gasteiger partial charge is 0.493 e. The van der Waals surface area contributed by atoms with Gasteiger partial charge >= 0.3 is 5.97 Å². The molecule has 2 rings (SSSR count). The van der Waals surface area contributed by atoms with Gasteiger partial charge in [0.25, 0.3) is 0 Å². The summed E-state index contributed by atoms with van der Waals surface area (Å²) in [7, 11) is 1.55. The van der Waals surface area contributed by atoms with Crippen LogP contribution in [-0.2, 0) is 17.6 Å². The third-order valence-electron chi connectivity index (χ3n) is 3.62. The van der Waals surface area contributed by atoms with E-state index in [0.29, 0.717) is 29.5 Å². The van der Waals surface area contributed by atoms with Crippen LogP contribution in [0.1, 0.15) is 24.0 Å². The summed E-state index contributed by atoms with van der Waals surface area (Å²) in [6, 6.07) is 13.7. The Balaban J connectivity index is 1.95. The van der Waals surface area contributed by atoms with Crippen molar-refractivity contribution in [3.8, 4) is 11.5 Å². The molecule has 2 aromatic rings. The number of aryl methyl sites for hydroxylation is 2. The minimum absolute atomic E-state index is 0.0523. The number of aliphatic carboxylic acids is 1. The number of rotatable bonds is 9. The standard InChI is InChI=1S/C19H21ClO4/c1-23-17-13-15(9-10-18(21)22)12-16(20)19(17)24-11-5-8-14-6-3-2-4-7-14/h2-4,6-7,12-13H,5,8-11H2,1H3,(H,21,22). The van der Waals surface area contributed by atoms with E-state index in [1.807, 2.05) is 18.2 Å². The minimum atomic E-state index is -0.841. The molecule has 24 heavy (non-hydrogen) atoms. The second-order valence-electron chi connectivity index (χ2n) is 5.44. The molecule has 0 fully saturated rings. The molecule has 0 amide bonds. The van der Waals surface area contributed by atoms with Gasteiger partial charge in [-0.25, -0.2) is 0 Å². The summed E-state index contributed by atoms with van der Waals surface area (Å²) in [6.45, 7) is 0.527. The first-order valence-corrected chi connectivity index (χ1v) is 8.23. The molecule has 0 spiro atoms. The van der Waals surface area contributed by atoms with Gasteiger partial charge in [-0.1, -0.05) is 41.9 Å². The number of carboxylic acid groups (broad SMARTS) is 1. The molecule has 0 aliphatic heterocycles. The van der Waals surface area contributed by atoms with E-state index in [4.69, 9.17) is 26.2 Å². The summed E-state index contributed by atoms with van der Waals surface area (Å²) in [5.41, 5.74) is 2.08. The van der Waals surface area contributed by atoms with Gasteiger partial charge in [0.2, 0.25) is 0 Å². The molecular weight excluding hydrogens is 328 g/mol. The molecule has 128 valence electrons. The van der Waals surface area contributed by atoms with E-state index in [-0.39, 0.29) is 6.42 Å². The zero-order valence-electron chi connectivity index (χ0n) is 13.6. The van der Waals surface area contributed by atoms with Gasteiger partial charge in [-0.2, -0.15) is 0 Å². The van der Waals surface area contributed by atoms with E-state index in [1.165, 1.54) is 5.56 Å². The number of ether oxygens (including phenoxy) is 2. The molecule has 0 aliphatic rings. The first kappa shape index (κ1) is 18.1. The normalized spacial score (nSPS) is 10.4. The summed E-state index contributed by atoms with van der Waals surface area (Å²) < 4.78 is 11.1. The van der Waals surface area contributed by atoms with Crippen LogP contribution in [0.2, 0.25) is 5.02 Å². The van der Waals surface area contributed by atoms with Crippen LogP contribution in [0.5, 0.6) is 11.5 Å². The van der Waals surface area contributed by atoms with Gasteiger partial charge in [0.1, 0.15) is 0 Å². The molecule has 2 aromatic carbocycles. The topological polar surface area (TPSA) is 55.8 Å². The maximum atomic E-state index is 10.7. The average molecular weight is 349 g/mol. The molecule has 4 nitrogen and oxygen atoms in total. The van der Waals surface area contributed by atoms with Crippen LogP contribution in [0.25, 0.3) is 0 Å². The van der Waals surface area contributed by atoms with Crippen molar-refractivity contribution >= 4 is 17.6 Å². The number of hydrogen-bond donors (Lipinski definition) is 1. The molecular formula is C19H21ClO4. The number of benzene rings is 2. The van der Waals surface area contributed by atoms with Gasteiger partial charge in [-0.15, -0.1) is 0 Å². The molecule has 0 unspecified atom stereocenters. The Bertz CT molecular complexity index is 671. The quantitative estimate of drug-likeness (QED) is 0.683. The van der Waals surface area contributed by atoms with Crippen molar-refractivity contribution in [3.63, 3.8) is 0 Å². The molecule has 5 heteroatoms. The van der Waals surface area contributed by atoms with E-state index in [1.54, 1.807) is 19.2 Å². The lowest BCUT2D eigenvalue weighted by molar-refractivity contribution is -0.136. The second kappa shape index (κ2) is 9.18. The fourth-order valence-corrected chi connectivity index (χ4v) is 2.69. The third-order valence-corrected chi connectivity index (χ3v) is 3.90. The predicted octanol–water partition coefficient (Wildman–Crippen LogP) is 4.38. The zero-order valence-corrected chi connectivity index (χ0v) is 14.4. The zero-order chi connectivity index (χ0) is 17.4. The van der Waals surface area contributed by atoms with Crippen molar-refractivity contribution in [2.24, 2.45) is 0 Å². The maximum absolute atomic E-state index is 10.7. The van der Waals surface area contributed by atoms with Gasteiger partial charge in [0.05, 0.1) is 18.7 Å². The Morgan fingerprint density at radius 2 is 1.88 bits per heavy atom. The van der Waals surface area contributed by atoms with E-state index in [9.17, 15) is 4.79 Å². The van der Waals surface area contributed by atoms with Crippen molar-refractivity contribution in [2.45, 2.75) is 25.7 Å². The van der Waals surface area contributed by atoms with Crippen molar-refractivity contribution in [2.75, 3.05) is 13.7 Å². The van der Waals surface area contributed by atoms with Crippen LogP contribution in [0.4, 0.5) is 0 Å². The van der Waals surface area contributed by atoms with Gasteiger partial charge in [0, 0.05) is 6.42 Å². The van der Waals surface area contributed by atoms with Crippen molar-refractivity contribution in [1.82, 2.24) is 0 Å². The molecule has 0 aromatic heterocycles. The Kier molecular flexibility index (Phi) is 6.94. The summed E-state index contributed by atoms with van der Waals surface area (Å²) in [6.07, 6.45) is 2.25. The maximum Gasteiger partial charge on any atom is 0.303 e. The second-order valence-corrected chi connectivity index (χ2v) is 5.85. The van der Waals surface area contributed by atoms with Gasteiger partial charge < -0.3 is 14.6 Å². The lowest BCUT2D eigenvalue weighted by Crippen LogP contribution is -2.03. The van der Waals surface area contributed by atoms with Crippen LogP contribution in [0.3, 0.4) is 0 Å². The SMILES string of the molecule is COc1cc(CCC(=O)O)cc(Cl)c1OCCCc1ccccc1. The van der Waals surface area contributed by atoms with Gasteiger partial charge in [0.15, 0.2) is 11.5 Å². The van der Waals surface area contributed by atoms with Crippen molar-refractivity contribution in [1.29, 1.82) is 0 Å². The van der Waals surface area contributed by atoms with E-state index >= 15 is 0 Å². The average Bonchev–Trinajstić information content (AvgIpc) is 2.58. The monoisotopic (exact) mass is 348 g/mol. The number of carboxylic acids is 1. The van der Waals surface area contributed by atoms with Crippen LogP contribution in [-0.4, -0.2) is 24.8 Å². The van der Waals surface area contributed by atoms with E-state index in [0.717, 1.165) is 18.4 Å². The van der Waals surface area contributed by atoms with Gasteiger partial charge in [-0.3, -0.25) is 4.79 Å². The molecule has 0 heterocycles. The van der Waals surface area contributed by atoms with Crippen LogP contribution < -0.4 is 9.47 Å². The fourth-order valence-electron chi connectivity index (χ4n) is 2.40. The highest BCUT2D eigenvalue weighted by molar-refractivity contribution is 6.32. The molecule has 0 radical (unpaired) electrons. The highest BCUT2D eigenvalue weighted by atomic mass is 35.5. The molecule has 0 atom stereocenters. The fraction of sp³-hybridized carbons (Fsp3) is 0.316. The minimum Gasteiger partial charge on any atom is -0.493 e. The first-order chi connectivity index (χ1) is 11.6. The smallest absolute Gasteiger partial charge is 0.303 e. The van der Waals surface area contributed by atoms with E-state index in [2.05, 4.69) is 12.1 Å². The van der Waals surface area contributed by atoms with Crippen LogP contribution in [0, 0.1) is 0 Å². The number of hydrogen-bond acceptors (Lipinski definition) is 3.